The van der Waals surface area contributed by atoms with E-state index in [2.05, 4.69) is 5.32 Å². The van der Waals surface area contributed by atoms with Gasteiger partial charge in [-0.1, -0.05) is 52.5 Å². The topological polar surface area (TPSA) is 66.5 Å². The van der Waals surface area contributed by atoms with Crippen LogP contribution in [0, 0.1) is 5.92 Å². The Balaban J connectivity index is 1.69. The average Bonchev–Trinajstić information content (AvgIpc) is 2.64. The second-order valence-corrected chi connectivity index (χ2v) is 9.88. The van der Waals surface area contributed by atoms with Crippen molar-refractivity contribution in [1.29, 1.82) is 0 Å². The second-order valence-electron chi connectivity index (χ2n) is 6.34. The van der Waals surface area contributed by atoms with E-state index in [9.17, 15) is 13.2 Å². The summed E-state index contributed by atoms with van der Waals surface area (Å²) in [5.41, 5.74) is 0.428. The molecule has 0 spiro atoms. The number of rotatable bonds is 4. The number of nitrogens with one attached hydrogen (secondary N) is 1. The number of hydrogen-bond acceptors (Lipinski definition) is 3. The van der Waals surface area contributed by atoms with Gasteiger partial charge in [0.05, 0.1) is 20.8 Å². The third-order valence-electron chi connectivity index (χ3n) is 4.53. The number of piperidine rings is 1. The fraction of sp³-hybridized carbons (Fsp3) is 0.278. The Kier molecular flexibility index (Phi) is 6.80. The molecule has 0 saturated carbocycles. The smallest absolute Gasteiger partial charge is 0.246 e. The lowest BCUT2D eigenvalue weighted by molar-refractivity contribution is -0.120. The predicted molar refractivity (Wildman–Crippen MR) is 113 cm³/mol. The quantitative estimate of drug-likeness (QED) is 0.640. The summed E-state index contributed by atoms with van der Waals surface area (Å²) in [5.74, 6) is -0.569. The van der Waals surface area contributed by atoms with Crippen molar-refractivity contribution >= 4 is 68.0 Å². The van der Waals surface area contributed by atoms with Crippen LogP contribution in [-0.4, -0.2) is 31.7 Å². The van der Waals surface area contributed by atoms with Gasteiger partial charge in [-0.3, -0.25) is 4.79 Å². The van der Waals surface area contributed by atoms with Gasteiger partial charge in [-0.15, -0.1) is 0 Å². The molecule has 1 amide bonds. The summed E-state index contributed by atoms with van der Waals surface area (Å²) in [6.45, 7) is 0.372. The summed E-state index contributed by atoms with van der Waals surface area (Å²) < 4.78 is 27.1. The zero-order chi connectivity index (χ0) is 20.5. The molecule has 0 unspecified atom stereocenters. The zero-order valence-corrected chi connectivity index (χ0v) is 18.3. The van der Waals surface area contributed by atoms with Gasteiger partial charge in [0, 0.05) is 24.0 Å². The highest BCUT2D eigenvalue weighted by Crippen LogP contribution is 2.34. The van der Waals surface area contributed by atoms with E-state index in [0.29, 0.717) is 28.6 Å². The van der Waals surface area contributed by atoms with Crippen LogP contribution in [0.4, 0.5) is 5.69 Å². The van der Waals surface area contributed by atoms with Gasteiger partial charge in [-0.25, -0.2) is 8.42 Å². The Labute approximate surface area is 183 Å². The van der Waals surface area contributed by atoms with Crippen molar-refractivity contribution in [1.82, 2.24) is 4.31 Å². The molecule has 2 aromatic carbocycles. The minimum Gasteiger partial charge on any atom is -0.324 e. The van der Waals surface area contributed by atoms with E-state index in [1.54, 1.807) is 24.3 Å². The van der Waals surface area contributed by atoms with Crippen LogP contribution in [0.3, 0.4) is 0 Å². The highest BCUT2D eigenvalue weighted by Gasteiger charge is 2.34. The molecule has 1 heterocycles. The fourth-order valence-corrected chi connectivity index (χ4v) is 5.94. The Morgan fingerprint density at radius 1 is 0.964 bits per heavy atom. The van der Waals surface area contributed by atoms with E-state index >= 15 is 0 Å². The molecule has 150 valence electrons. The molecule has 5 nitrogen and oxygen atoms in total. The van der Waals surface area contributed by atoms with Crippen molar-refractivity contribution in [3.8, 4) is 0 Å². The first-order valence-electron chi connectivity index (χ1n) is 8.40. The standard InChI is InChI=1S/C18H16Cl4N2O3S/c19-12-4-5-13(20)16(10-12)23-18(25)11-6-8-24(9-7-11)28(26,27)17-14(21)2-1-3-15(17)22/h1-5,10-11H,6-9H2,(H,23,25). The summed E-state index contributed by atoms with van der Waals surface area (Å²) in [4.78, 5) is 12.4. The molecule has 0 aromatic heterocycles. The van der Waals surface area contributed by atoms with Crippen molar-refractivity contribution in [2.75, 3.05) is 18.4 Å². The van der Waals surface area contributed by atoms with Crippen molar-refractivity contribution in [2.45, 2.75) is 17.7 Å². The summed E-state index contributed by atoms with van der Waals surface area (Å²) >= 11 is 24.1. The molecule has 3 rings (SSSR count). The van der Waals surface area contributed by atoms with Crippen LogP contribution in [0.5, 0.6) is 0 Å². The van der Waals surface area contributed by atoms with Gasteiger partial charge in [0.15, 0.2) is 0 Å². The molecule has 1 N–H and O–H groups in total. The van der Waals surface area contributed by atoms with E-state index in [1.165, 1.54) is 16.4 Å². The molecule has 0 radical (unpaired) electrons. The number of sulfonamides is 1. The molecule has 0 bridgehead atoms. The monoisotopic (exact) mass is 480 g/mol. The third kappa shape index (κ3) is 4.58. The van der Waals surface area contributed by atoms with Gasteiger partial charge in [0.1, 0.15) is 4.90 Å². The van der Waals surface area contributed by atoms with Crippen molar-refractivity contribution < 1.29 is 13.2 Å². The first-order valence-corrected chi connectivity index (χ1v) is 11.4. The SMILES string of the molecule is O=C(Nc1cc(Cl)ccc1Cl)C1CCN(S(=O)(=O)c2c(Cl)cccc2Cl)CC1. The van der Waals surface area contributed by atoms with Crippen LogP contribution in [-0.2, 0) is 14.8 Å². The number of nitrogens with zero attached hydrogens (tertiary/aromatic N) is 1. The first kappa shape index (κ1) is 21.7. The average molecular weight is 482 g/mol. The fourth-order valence-electron chi connectivity index (χ4n) is 3.04. The van der Waals surface area contributed by atoms with Crippen LogP contribution >= 0.6 is 46.4 Å². The Bertz CT molecular complexity index is 986. The minimum absolute atomic E-state index is 0.0722. The molecular weight excluding hydrogens is 466 g/mol. The Morgan fingerprint density at radius 2 is 1.57 bits per heavy atom. The molecular formula is C18H16Cl4N2O3S. The number of amides is 1. The number of carbonyl (C=O) groups excluding carboxylic acids is 1. The van der Waals surface area contributed by atoms with Gasteiger partial charge in [-0.2, -0.15) is 4.31 Å². The van der Waals surface area contributed by atoms with Crippen molar-refractivity contribution in [2.24, 2.45) is 5.92 Å². The maximum atomic E-state index is 12.9. The van der Waals surface area contributed by atoms with E-state index in [0.717, 1.165) is 0 Å². The third-order valence-corrected chi connectivity index (χ3v) is 7.95. The van der Waals surface area contributed by atoms with E-state index in [-0.39, 0.29) is 39.9 Å². The highest BCUT2D eigenvalue weighted by atomic mass is 35.5. The maximum absolute atomic E-state index is 12.9. The number of halogens is 4. The summed E-state index contributed by atoms with van der Waals surface area (Å²) in [5, 5.41) is 3.74. The lowest BCUT2D eigenvalue weighted by atomic mass is 9.97. The lowest BCUT2D eigenvalue weighted by Gasteiger charge is -2.31. The molecule has 28 heavy (non-hydrogen) atoms. The lowest BCUT2D eigenvalue weighted by Crippen LogP contribution is -2.41. The predicted octanol–water partition coefficient (Wildman–Crippen LogP) is 5.34. The molecule has 1 fully saturated rings. The number of anilines is 1. The maximum Gasteiger partial charge on any atom is 0.246 e. The molecule has 0 atom stereocenters. The van der Waals surface area contributed by atoms with Gasteiger partial charge in [-0.05, 0) is 43.2 Å². The molecule has 1 aliphatic heterocycles. The normalized spacial score (nSPS) is 16.1. The first-order chi connectivity index (χ1) is 13.2. The van der Waals surface area contributed by atoms with Crippen LogP contribution in [0.1, 0.15) is 12.8 Å². The van der Waals surface area contributed by atoms with Crippen LogP contribution < -0.4 is 5.32 Å². The Hall–Kier alpha value is -1.02. The number of carbonyl (C=O) groups is 1. The van der Waals surface area contributed by atoms with Gasteiger partial charge in [0.2, 0.25) is 15.9 Å². The van der Waals surface area contributed by atoms with Crippen molar-refractivity contribution in [3.63, 3.8) is 0 Å². The van der Waals surface area contributed by atoms with Crippen LogP contribution in [0.2, 0.25) is 20.1 Å². The molecule has 0 aliphatic carbocycles. The van der Waals surface area contributed by atoms with Gasteiger partial charge in [0.25, 0.3) is 0 Å². The van der Waals surface area contributed by atoms with Crippen LogP contribution in [0.15, 0.2) is 41.3 Å². The molecule has 1 aliphatic rings. The highest BCUT2D eigenvalue weighted by molar-refractivity contribution is 7.89. The molecule has 10 heteroatoms. The van der Waals surface area contributed by atoms with E-state index < -0.39 is 10.0 Å². The summed E-state index contributed by atoms with van der Waals surface area (Å²) in [6.07, 6.45) is 0.733. The van der Waals surface area contributed by atoms with Crippen molar-refractivity contribution in [3.05, 3.63) is 56.5 Å². The molecule has 2 aromatic rings. The molecule has 1 saturated heterocycles. The zero-order valence-electron chi connectivity index (χ0n) is 14.5. The minimum atomic E-state index is -3.84. The largest absolute Gasteiger partial charge is 0.324 e. The Morgan fingerprint density at radius 3 is 2.18 bits per heavy atom. The number of benzene rings is 2. The summed E-state index contributed by atoms with van der Waals surface area (Å²) in [6, 6.07) is 9.34. The summed E-state index contributed by atoms with van der Waals surface area (Å²) in [7, 11) is -3.84. The van der Waals surface area contributed by atoms with Crippen LogP contribution in [0.25, 0.3) is 0 Å². The van der Waals surface area contributed by atoms with Gasteiger partial charge >= 0.3 is 0 Å². The van der Waals surface area contributed by atoms with Gasteiger partial charge < -0.3 is 5.32 Å². The van der Waals surface area contributed by atoms with E-state index in [4.69, 9.17) is 46.4 Å². The number of hydrogen-bond donors (Lipinski definition) is 1. The van der Waals surface area contributed by atoms with E-state index in [1.807, 2.05) is 0 Å². The second kappa shape index (κ2) is 8.78.